The Balaban J connectivity index is 2.17. The molecular weight excluding hydrogens is 234 g/mol. The molecule has 0 fully saturated rings. The van der Waals surface area contributed by atoms with Crippen LogP contribution in [-0.4, -0.2) is 10.8 Å². The number of nitrogens with zero attached hydrogens (tertiary/aromatic N) is 1. The van der Waals surface area contributed by atoms with E-state index in [1.807, 2.05) is 24.3 Å². The van der Waals surface area contributed by atoms with E-state index in [1.165, 1.54) is 11.3 Å². The van der Waals surface area contributed by atoms with Crippen molar-refractivity contribution < 1.29 is 9.21 Å². The van der Waals surface area contributed by atoms with E-state index in [-0.39, 0.29) is 5.78 Å². The van der Waals surface area contributed by atoms with Crippen LogP contribution in [0.4, 0.5) is 0 Å². The van der Waals surface area contributed by atoms with Crippen LogP contribution in [0.1, 0.15) is 16.6 Å². The van der Waals surface area contributed by atoms with Crippen molar-refractivity contribution in [2.45, 2.75) is 6.92 Å². The Hall–Kier alpha value is -1.94. The number of carbonyl (C=O) groups excluding carboxylic acids is 1. The van der Waals surface area contributed by atoms with E-state index < -0.39 is 0 Å². The number of furan rings is 1. The number of hydrogen-bond donors (Lipinski definition) is 0. The highest BCUT2D eigenvalue weighted by Crippen LogP contribution is 2.33. The first kappa shape index (κ1) is 10.2. The van der Waals surface area contributed by atoms with Crippen LogP contribution in [0.15, 0.2) is 41.1 Å². The predicted octanol–water partition coefficient (Wildman–Crippen LogP) is 3.76. The van der Waals surface area contributed by atoms with Crippen LogP contribution >= 0.6 is 11.3 Å². The molecule has 4 heteroatoms. The molecule has 0 amide bonds. The van der Waals surface area contributed by atoms with Gasteiger partial charge in [-0.3, -0.25) is 4.79 Å². The zero-order chi connectivity index (χ0) is 11.8. The number of carbonyl (C=O) groups is 1. The molecule has 0 aliphatic carbocycles. The minimum absolute atomic E-state index is 0.0431. The molecule has 0 aliphatic heterocycles. The van der Waals surface area contributed by atoms with Crippen LogP contribution in [0.25, 0.3) is 21.5 Å². The van der Waals surface area contributed by atoms with Crippen molar-refractivity contribution in [3.63, 3.8) is 0 Å². The van der Waals surface area contributed by atoms with Gasteiger partial charge in [-0.1, -0.05) is 18.2 Å². The molecule has 0 bridgehead atoms. The molecule has 0 saturated heterocycles. The quantitative estimate of drug-likeness (QED) is 0.643. The van der Waals surface area contributed by atoms with E-state index in [0.717, 1.165) is 21.5 Å². The summed E-state index contributed by atoms with van der Waals surface area (Å²) >= 11 is 1.39. The van der Waals surface area contributed by atoms with E-state index in [0.29, 0.717) is 4.88 Å². The van der Waals surface area contributed by atoms with Gasteiger partial charge >= 0.3 is 0 Å². The number of Topliss-reactive ketones (excluding diaryl/α,β-unsaturated/α-hetero) is 1. The molecule has 2 heterocycles. The van der Waals surface area contributed by atoms with Gasteiger partial charge in [-0.2, -0.15) is 0 Å². The van der Waals surface area contributed by atoms with E-state index in [2.05, 4.69) is 4.98 Å². The third-order valence-electron chi connectivity index (χ3n) is 2.56. The molecule has 0 radical (unpaired) electrons. The van der Waals surface area contributed by atoms with Crippen molar-refractivity contribution in [3.8, 4) is 10.6 Å². The molecule has 17 heavy (non-hydrogen) atoms. The number of hydrogen-bond acceptors (Lipinski definition) is 4. The summed E-state index contributed by atoms with van der Waals surface area (Å²) in [7, 11) is 0. The first-order valence-electron chi connectivity index (χ1n) is 5.19. The summed E-state index contributed by atoms with van der Waals surface area (Å²) in [5.74, 6) is 0.0431. The Morgan fingerprint density at radius 1 is 1.35 bits per heavy atom. The lowest BCUT2D eigenvalue weighted by molar-refractivity contribution is 0.102. The van der Waals surface area contributed by atoms with E-state index in [9.17, 15) is 4.79 Å². The first-order valence-corrected chi connectivity index (χ1v) is 6.01. The zero-order valence-corrected chi connectivity index (χ0v) is 9.95. The van der Waals surface area contributed by atoms with Gasteiger partial charge in [-0.05, 0) is 6.07 Å². The molecule has 3 nitrogen and oxygen atoms in total. The van der Waals surface area contributed by atoms with Crippen molar-refractivity contribution in [1.82, 2.24) is 4.98 Å². The highest BCUT2D eigenvalue weighted by molar-refractivity contribution is 7.17. The molecule has 0 atom stereocenters. The summed E-state index contributed by atoms with van der Waals surface area (Å²) < 4.78 is 5.45. The summed E-state index contributed by atoms with van der Waals surface area (Å²) in [5, 5.41) is 1.84. The molecule has 0 aliphatic rings. The fourth-order valence-corrected chi connectivity index (χ4v) is 2.54. The van der Waals surface area contributed by atoms with Gasteiger partial charge in [-0.15, -0.1) is 11.3 Å². The van der Waals surface area contributed by atoms with E-state index >= 15 is 0 Å². The lowest BCUT2D eigenvalue weighted by Gasteiger charge is -1.90. The molecule has 2 aromatic heterocycles. The summed E-state index contributed by atoms with van der Waals surface area (Å²) in [6, 6.07) is 7.79. The smallest absolute Gasteiger partial charge is 0.171 e. The SMILES string of the molecule is CC(=O)c1cnc(-c2coc3ccccc23)s1. The number of fused-ring (bicyclic) bond motifs is 1. The topological polar surface area (TPSA) is 43.1 Å². The summed E-state index contributed by atoms with van der Waals surface area (Å²) in [6.45, 7) is 1.55. The maximum absolute atomic E-state index is 11.2. The van der Waals surface area contributed by atoms with Gasteiger partial charge in [0.1, 0.15) is 16.9 Å². The largest absolute Gasteiger partial charge is 0.464 e. The number of rotatable bonds is 2. The van der Waals surface area contributed by atoms with E-state index in [4.69, 9.17) is 4.42 Å². The van der Waals surface area contributed by atoms with Gasteiger partial charge < -0.3 is 4.42 Å². The number of benzene rings is 1. The van der Waals surface area contributed by atoms with Gasteiger partial charge in [0.05, 0.1) is 10.4 Å². The Morgan fingerprint density at radius 2 is 2.18 bits per heavy atom. The monoisotopic (exact) mass is 243 g/mol. The third-order valence-corrected chi connectivity index (χ3v) is 3.70. The first-order chi connectivity index (χ1) is 8.25. The fraction of sp³-hybridized carbons (Fsp3) is 0.0769. The Kier molecular flexibility index (Phi) is 2.30. The van der Waals surface area contributed by atoms with Crippen LogP contribution in [0.5, 0.6) is 0 Å². The lowest BCUT2D eigenvalue weighted by atomic mass is 10.2. The van der Waals surface area contributed by atoms with Crippen LogP contribution in [-0.2, 0) is 0 Å². The highest BCUT2D eigenvalue weighted by Gasteiger charge is 2.12. The summed E-state index contributed by atoms with van der Waals surface area (Å²) in [6.07, 6.45) is 3.30. The second-order valence-corrected chi connectivity index (χ2v) is 4.76. The van der Waals surface area contributed by atoms with Crippen molar-refractivity contribution in [1.29, 1.82) is 0 Å². The average molecular weight is 243 g/mol. The molecular formula is C13H9NO2S. The summed E-state index contributed by atoms with van der Waals surface area (Å²) in [4.78, 5) is 16.2. The minimum atomic E-state index is 0.0431. The summed E-state index contributed by atoms with van der Waals surface area (Å²) in [5.41, 5.74) is 1.78. The van der Waals surface area contributed by atoms with Crippen LogP contribution in [0.2, 0.25) is 0 Å². The number of thiazole rings is 1. The van der Waals surface area contributed by atoms with Crippen LogP contribution < -0.4 is 0 Å². The van der Waals surface area contributed by atoms with Crippen molar-refractivity contribution in [2.24, 2.45) is 0 Å². The Bertz CT molecular complexity index is 696. The van der Waals surface area contributed by atoms with Crippen LogP contribution in [0.3, 0.4) is 0 Å². The molecule has 0 spiro atoms. The van der Waals surface area contributed by atoms with E-state index in [1.54, 1.807) is 19.4 Å². The van der Waals surface area contributed by atoms with Crippen LogP contribution in [0, 0.1) is 0 Å². The van der Waals surface area contributed by atoms with Crippen molar-refractivity contribution >= 4 is 28.1 Å². The number of ketones is 1. The lowest BCUT2D eigenvalue weighted by Crippen LogP contribution is -1.83. The maximum atomic E-state index is 11.2. The predicted molar refractivity (Wildman–Crippen MR) is 67.3 cm³/mol. The van der Waals surface area contributed by atoms with Gasteiger partial charge in [0.25, 0.3) is 0 Å². The van der Waals surface area contributed by atoms with Gasteiger partial charge in [-0.25, -0.2) is 4.98 Å². The fourth-order valence-electron chi connectivity index (χ4n) is 1.70. The molecule has 3 aromatic rings. The Morgan fingerprint density at radius 3 is 2.94 bits per heavy atom. The average Bonchev–Trinajstić information content (AvgIpc) is 2.95. The molecule has 84 valence electrons. The maximum Gasteiger partial charge on any atom is 0.171 e. The molecule has 3 rings (SSSR count). The second-order valence-electron chi connectivity index (χ2n) is 3.73. The van der Waals surface area contributed by atoms with Gasteiger partial charge in [0.2, 0.25) is 0 Å². The van der Waals surface area contributed by atoms with Crippen molar-refractivity contribution in [3.05, 3.63) is 41.6 Å². The standard InChI is InChI=1S/C13H9NO2S/c1-8(15)12-6-14-13(17-12)10-7-16-11-5-3-2-4-9(10)11/h2-7H,1H3. The van der Waals surface area contributed by atoms with Gasteiger partial charge in [0.15, 0.2) is 5.78 Å². The third kappa shape index (κ3) is 1.66. The minimum Gasteiger partial charge on any atom is -0.464 e. The number of para-hydroxylation sites is 1. The van der Waals surface area contributed by atoms with Crippen molar-refractivity contribution in [2.75, 3.05) is 0 Å². The second kappa shape index (κ2) is 3.82. The molecule has 0 saturated carbocycles. The van der Waals surface area contributed by atoms with Gasteiger partial charge in [0, 0.05) is 18.5 Å². The molecule has 0 N–H and O–H groups in total. The Labute approximate surface area is 102 Å². The molecule has 0 unspecified atom stereocenters. The zero-order valence-electron chi connectivity index (χ0n) is 9.14. The molecule has 1 aromatic carbocycles. The number of aromatic nitrogens is 1. The highest BCUT2D eigenvalue weighted by atomic mass is 32.1. The normalized spacial score (nSPS) is 10.9.